The van der Waals surface area contributed by atoms with Gasteiger partial charge in [-0.2, -0.15) is 5.26 Å². The maximum Gasteiger partial charge on any atom is 0.188 e. The van der Waals surface area contributed by atoms with Crippen molar-refractivity contribution >= 4 is 0 Å². The van der Waals surface area contributed by atoms with E-state index in [-0.39, 0.29) is 6.54 Å². The monoisotopic (exact) mass is 213 g/mol. The lowest BCUT2D eigenvalue weighted by Gasteiger charge is -2.29. The van der Waals surface area contributed by atoms with Crippen LogP contribution in [-0.2, 0) is 9.47 Å². The summed E-state index contributed by atoms with van der Waals surface area (Å²) >= 11 is 0. The van der Waals surface area contributed by atoms with Crippen molar-refractivity contribution in [2.75, 3.05) is 27.3 Å². The Morgan fingerprint density at radius 2 is 2.20 bits per heavy atom. The van der Waals surface area contributed by atoms with Crippen molar-refractivity contribution in [1.29, 1.82) is 5.26 Å². The summed E-state index contributed by atoms with van der Waals surface area (Å²) in [6, 6.07) is 2.06. The third-order valence-corrected chi connectivity index (χ3v) is 1.90. The Balaban J connectivity index is 4.30. The lowest BCUT2D eigenvalue weighted by Crippen LogP contribution is -2.53. The van der Waals surface area contributed by atoms with E-state index in [0.29, 0.717) is 6.54 Å². The van der Waals surface area contributed by atoms with Gasteiger partial charge in [-0.1, -0.05) is 5.11 Å². The Morgan fingerprint density at radius 3 is 2.60 bits per heavy atom. The Hall–Kier alpha value is -1.32. The van der Waals surface area contributed by atoms with Gasteiger partial charge in [-0.3, -0.25) is 5.32 Å². The fourth-order valence-electron chi connectivity index (χ4n) is 1.15. The van der Waals surface area contributed by atoms with Crippen LogP contribution in [0.1, 0.15) is 6.92 Å². The Labute approximate surface area is 88.6 Å². The zero-order chi connectivity index (χ0) is 11.7. The topological polar surface area (TPSA) is 103 Å². The highest BCUT2D eigenvalue weighted by atomic mass is 16.7. The highest BCUT2D eigenvalue weighted by molar-refractivity contribution is 5.06. The predicted molar refractivity (Wildman–Crippen MR) is 53.8 cm³/mol. The van der Waals surface area contributed by atoms with Gasteiger partial charge in [-0.15, -0.1) is 0 Å². The molecule has 0 heterocycles. The fourth-order valence-corrected chi connectivity index (χ4v) is 1.15. The van der Waals surface area contributed by atoms with Crippen LogP contribution in [0.25, 0.3) is 10.4 Å². The van der Waals surface area contributed by atoms with Gasteiger partial charge in [0.1, 0.15) is 0 Å². The van der Waals surface area contributed by atoms with E-state index in [9.17, 15) is 0 Å². The number of methoxy groups -OCH3 is 2. The van der Waals surface area contributed by atoms with Crippen molar-refractivity contribution in [1.82, 2.24) is 5.32 Å². The second-order valence-electron chi connectivity index (χ2n) is 3.00. The number of nitriles is 1. The molecular formula is C8H15N5O2. The average molecular weight is 213 g/mol. The van der Waals surface area contributed by atoms with Gasteiger partial charge >= 0.3 is 0 Å². The molecule has 0 bridgehead atoms. The third kappa shape index (κ3) is 4.14. The first-order chi connectivity index (χ1) is 7.14. The highest BCUT2D eigenvalue weighted by Gasteiger charge is 2.34. The minimum atomic E-state index is -0.964. The van der Waals surface area contributed by atoms with Crippen LogP contribution >= 0.6 is 0 Å². The van der Waals surface area contributed by atoms with Crippen molar-refractivity contribution in [3.63, 3.8) is 0 Å². The molecule has 1 atom stereocenters. The lowest BCUT2D eigenvalue weighted by molar-refractivity contribution is -0.136. The van der Waals surface area contributed by atoms with Gasteiger partial charge in [0.15, 0.2) is 11.8 Å². The van der Waals surface area contributed by atoms with Crippen molar-refractivity contribution in [3.05, 3.63) is 10.4 Å². The molecule has 0 spiro atoms. The summed E-state index contributed by atoms with van der Waals surface area (Å²) in [5.74, 6) is 0. The van der Waals surface area contributed by atoms with Gasteiger partial charge in [0.05, 0.1) is 6.07 Å². The first-order valence-electron chi connectivity index (χ1n) is 4.37. The minimum Gasteiger partial charge on any atom is -0.353 e. The SMILES string of the molecule is COC(OC)C(C)(C#N)NCCN=[N+]=[N-]. The summed E-state index contributed by atoms with van der Waals surface area (Å²) in [4.78, 5) is 2.61. The number of ether oxygens (including phenoxy) is 2. The molecule has 7 heteroatoms. The van der Waals surface area contributed by atoms with Crippen LogP contribution in [0, 0.1) is 11.3 Å². The van der Waals surface area contributed by atoms with Gasteiger partial charge < -0.3 is 9.47 Å². The number of hydrogen-bond acceptors (Lipinski definition) is 5. The van der Waals surface area contributed by atoms with Gasteiger partial charge in [0, 0.05) is 32.2 Å². The number of rotatable bonds is 7. The molecule has 0 aromatic heterocycles. The van der Waals surface area contributed by atoms with E-state index in [0.717, 1.165) is 0 Å². The van der Waals surface area contributed by atoms with Gasteiger partial charge in [-0.05, 0) is 12.5 Å². The van der Waals surface area contributed by atoms with Crippen LogP contribution in [0.5, 0.6) is 0 Å². The molecule has 1 N–H and O–H groups in total. The molecular weight excluding hydrogens is 198 g/mol. The first-order valence-corrected chi connectivity index (χ1v) is 4.37. The maximum atomic E-state index is 9.00. The standard InChI is InChI=1S/C8H15N5O2/c1-8(6-9,7(14-2)15-3)11-4-5-12-13-10/h7,11H,4-5H2,1-3H3. The molecule has 7 nitrogen and oxygen atoms in total. The van der Waals surface area contributed by atoms with Crippen molar-refractivity contribution in [2.45, 2.75) is 18.8 Å². The molecule has 15 heavy (non-hydrogen) atoms. The summed E-state index contributed by atoms with van der Waals surface area (Å²) in [6.07, 6.45) is -0.673. The van der Waals surface area contributed by atoms with Crippen LogP contribution in [0.4, 0.5) is 0 Å². The maximum absolute atomic E-state index is 9.00. The zero-order valence-electron chi connectivity index (χ0n) is 9.10. The predicted octanol–water partition coefficient (Wildman–Crippen LogP) is 0.787. The number of hydrogen-bond donors (Lipinski definition) is 1. The molecule has 84 valence electrons. The average Bonchev–Trinajstić information content (AvgIpc) is 2.26. The summed E-state index contributed by atoms with van der Waals surface area (Å²) < 4.78 is 10.0. The largest absolute Gasteiger partial charge is 0.353 e. The van der Waals surface area contributed by atoms with Gasteiger partial charge in [0.25, 0.3) is 0 Å². The van der Waals surface area contributed by atoms with Gasteiger partial charge in [0.2, 0.25) is 0 Å². The molecule has 0 saturated heterocycles. The van der Waals surface area contributed by atoms with E-state index < -0.39 is 11.8 Å². The van der Waals surface area contributed by atoms with Crippen molar-refractivity contribution in [3.8, 4) is 6.07 Å². The number of azide groups is 1. The quantitative estimate of drug-likeness (QED) is 0.222. The summed E-state index contributed by atoms with van der Waals surface area (Å²) in [5.41, 5.74) is 7.11. The molecule has 0 amide bonds. The van der Waals surface area contributed by atoms with Crippen LogP contribution < -0.4 is 5.32 Å². The molecule has 0 aromatic rings. The van der Waals surface area contributed by atoms with E-state index in [4.69, 9.17) is 20.3 Å². The van der Waals surface area contributed by atoms with Crippen LogP contribution in [0.15, 0.2) is 5.11 Å². The summed E-state index contributed by atoms with van der Waals surface area (Å²) in [7, 11) is 2.91. The Morgan fingerprint density at radius 1 is 1.60 bits per heavy atom. The molecule has 0 radical (unpaired) electrons. The molecule has 0 aliphatic heterocycles. The summed E-state index contributed by atoms with van der Waals surface area (Å²) in [6.45, 7) is 2.31. The molecule has 0 aliphatic rings. The fraction of sp³-hybridized carbons (Fsp3) is 0.875. The first kappa shape index (κ1) is 13.7. The summed E-state index contributed by atoms with van der Waals surface area (Å²) in [5, 5.41) is 15.3. The van der Waals surface area contributed by atoms with E-state index in [1.807, 2.05) is 0 Å². The molecule has 0 fully saturated rings. The lowest BCUT2D eigenvalue weighted by atomic mass is 10.0. The van der Waals surface area contributed by atoms with E-state index >= 15 is 0 Å². The Bertz CT molecular complexity index is 267. The minimum absolute atomic E-state index is 0.272. The van der Waals surface area contributed by atoms with Crippen LogP contribution in [-0.4, -0.2) is 39.1 Å². The number of nitrogens with zero attached hydrogens (tertiary/aromatic N) is 4. The normalized spacial score (nSPS) is 14.1. The number of nitrogens with one attached hydrogen (secondary N) is 1. The zero-order valence-corrected chi connectivity index (χ0v) is 9.10. The molecule has 0 saturated carbocycles. The van der Waals surface area contributed by atoms with Crippen molar-refractivity contribution < 1.29 is 9.47 Å². The second-order valence-corrected chi connectivity index (χ2v) is 3.00. The molecule has 1 unspecified atom stereocenters. The van der Waals surface area contributed by atoms with Crippen LogP contribution in [0.3, 0.4) is 0 Å². The molecule has 0 rings (SSSR count). The van der Waals surface area contributed by atoms with Crippen LogP contribution in [0.2, 0.25) is 0 Å². The second kappa shape index (κ2) is 7.04. The van der Waals surface area contributed by atoms with Crippen molar-refractivity contribution in [2.24, 2.45) is 5.11 Å². The smallest absolute Gasteiger partial charge is 0.188 e. The molecule has 0 aromatic carbocycles. The third-order valence-electron chi connectivity index (χ3n) is 1.90. The van der Waals surface area contributed by atoms with E-state index in [2.05, 4.69) is 21.4 Å². The van der Waals surface area contributed by atoms with Gasteiger partial charge in [-0.25, -0.2) is 0 Å². The van der Waals surface area contributed by atoms with E-state index in [1.165, 1.54) is 14.2 Å². The highest BCUT2D eigenvalue weighted by Crippen LogP contribution is 2.12. The van der Waals surface area contributed by atoms with E-state index in [1.54, 1.807) is 6.92 Å². The molecule has 0 aliphatic carbocycles. The Kier molecular flexibility index (Phi) is 6.42.